The van der Waals surface area contributed by atoms with Crippen molar-refractivity contribution in [2.45, 2.75) is 117 Å². The molecule has 1 fully saturated rings. The number of nitrogens with one attached hydrogen (secondary N) is 1. The van der Waals surface area contributed by atoms with Crippen molar-refractivity contribution in [1.29, 1.82) is 0 Å². The zero-order chi connectivity index (χ0) is 28.3. The molecule has 1 saturated carbocycles. The maximum atomic E-state index is 13.6. The molecule has 0 bridgehead atoms. The average molecular weight is 531 g/mol. The van der Waals surface area contributed by atoms with Crippen LogP contribution >= 0.6 is 0 Å². The zero-order valence-corrected chi connectivity index (χ0v) is 24.4. The molecule has 212 valence electrons. The minimum atomic E-state index is -1.11. The molecule has 0 saturated heterocycles. The molecule has 1 aromatic rings. The first-order chi connectivity index (χ1) is 17.6. The summed E-state index contributed by atoms with van der Waals surface area (Å²) in [5.74, 6) is 1.37. The highest BCUT2D eigenvalue weighted by molar-refractivity contribution is 6.02. The third kappa shape index (κ3) is 8.63. The Morgan fingerprint density at radius 3 is 2.18 bits per heavy atom. The van der Waals surface area contributed by atoms with Gasteiger partial charge in [0.2, 0.25) is 5.91 Å². The van der Waals surface area contributed by atoms with Gasteiger partial charge >= 0.3 is 12.1 Å². The second-order valence-corrected chi connectivity index (χ2v) is 12.9. The van der Waals surface area contributed by atoms with Crippen molar-refractivity contribution in [3.05, 3.63) is 23.8 Å². The van der Waals surface area contributed by atoms with Crippen molar-refractivity contribution in [1.82, 2.24) is 5.32 Å². The Morgan fingerprint density at radius 1 is 0.974 bits per heavy atom. The highest BCUT2D eigenvalue weighted by Crippen LogP contribution is 2.35. The SMILES string of the molecule is CC(C)[C@H]1CC[C@H](Oc2ccc3c(c2)CCN3C(=O)C(CC(=O)OC(C)(C)C)NC(=O)OC(C)(C)C)CC1. The van der Waals surface area contributed by atoms with Crippen LogP contribution in [0.2, 0.25) is 0 Å². The molecule has 1 aliphatic heterocycles. The summed E-state index contributed by atoms with van der Waals surface area (Å²) in [7, 11) is 0. The van der Waals surface area contributed by atoms with Crippen LogP contribution in [0.1, 0.15) is 93.1 Å². The fourth-order valence-electron chi connectivity index (χ4n) is 5.13. The predicted octanol–water partition coefficient (Wildman–Crippen LogP) is 5.79. The number of esters is 1. The number of alkyl carbamates (subject to hydrolysis) is 1. The number of nitrogens with zero attached hydrogens (tertiary/aromatic N) is 1. The molecule has 1 aromatic carbocycles. The lowest BCUT2D eigenvalue weighted by atomic mass is 9.80. The Morgan fingerprint density at radius 2 is 1.61 bits per heavy atom. The lowest BCUT2D eigenvalue weighted by Gasteiger charge is -2.31. The summed E-state index contributed by atoms with van der Waals surface area (Å²) in [5.41, 5.74) is 0.335. The first-order valence-electron chi connectivity index (χ1n) is 13.9. The van der Waals surface area contributed by atoms with Crippen LogP contribution in [-0.2, 0) is 25.5 Å². The Balaban J connectivity index is 1.70. The molecule has 0 aromatic heterocycles. The minimum Gasteiger partial charge on any atom is -0.490 e. The van der Waals surface area contributed by atoms with E-state index >= 15 is 0 Å². The van der Waals surface area contributed by atoms with Crippen molar-refractivity contribution in [2.24, 2.45) is 11.8 Å². The first kappa shape index (κ1) is 29.8. The summed E-state index contributed by atoms with van der Waals surface area (Å²) in [5, 5.41) is 2.60. The molecular formula is C30H46N2O6. The number of ether oxygens (including phenoxy) is 3. The highest BCUT2D eigenvalue weighted by atomic mass is 16.6. The van der Waals surface area contributed by atoms with E-state index in [9.17, 15) is 14.4 Å². The van der Waals surface area contributed by atoms with Crippen molar-refractivity contribution >= 4 is 23.7 Å². The molecule has 8 heteroatoms. The van der Waals surface area contributed by atoms with E-state index < -0.39 is 29.3 Å². The van der Waals surface area contributed by atoms with E-state index in [2.05, 4.69) is 19.2 Å². The number of rotatable bonds is 7. The summed E-state index contributed by atoms with van der Waals surface area (Å²) in [6, 6.07) is 4.70. The molecule has 0 spiro atoms. The van der Waals surface area contributed by atoms with E-state index in [1.165, 1.54) is 12.8 Å². The van der Waals surface area contributed by atoms with Crippen LogP contribution in [0.15, 0.2) is 18.2 Å². The fourth-order valence-corrected chi connectivity index (χ4v) is 5.13. The monoisotopic (exact) mass is 530 g/mol. The van der Waals surface area contributed by atoms with E-state index in [0.717, 1.165) is 35.8 Å². The molecule has 1 N–H and O–H groups in total. The summed E-state index contributed by atoms with van der Waals surface area (Å²) < 4.78 is 17.1. The van der Waals surface area contributed by atoms with Crippen molar-refractivity contribution in [2.75, 3.05) is 11.4 Å². The van der Waals surface area contributed by atoms with Gasteiger partial charge in [-0.15, -0.1) is 0 Å². The zero-order valence-electron chi connectivity index (χ0n) is 24.4. The smallest absolute Gasteiger partial charge is 0.408 e. The maximum Gasteiger partial charge on any atom is 0.408 e. The van der Waals surface area contributed by atoms with Gasteiger partial charge in [-0.3, -0.25) is 9.59 Å². The number of benzene rings is 1. The van der Waals surface area contributed by atoms with Gasteiger partial charge in [0.05, 0.1) is 12.5 Å². The molecule has 1 atom stereocenters. The molecule has 1 heterocycles. The average Bonchev–Trinajstić information content (AvgIpc) is 3.19. The van der Waals surface area contributed by atoms with Gasteiger partial charge in [-0.05, 0) is 109 Å². The van der Waals surface area contributed by atoms with E-state index in [0.29, 0.717) is 18.9 Å². The first-order valence-corrected chi connectivity index (χ1v) is 13.9. The van der Waals surface area contributed by atoms with E-state index in [4.69, 9.17) is 14.2 Å². The van der Waals surface area contributed by atoms with Crippen LogP contribution in [0.25, 0.3) is 0 Å². The minimum absolute atomic E-state index is 0.221. The molecule has 8 nitrogen and oxygen atoms in total. The summed E-state index contributed by atoms with van der Waals surface area (Å²) in [6.07, 6.45) is 4.36. The number of hydrogen-bond donors (Lipinski definition) is 1. The van der Waals surface area contributed by atoms with Crippen LogP contribution in [0.3, 0.4) is 0 Å². The molecular weight excluding hydrogens is 484 g/mol. The molecule has 2 amide bonds. The molecule has 38 heavy (non-hydrogen) atoms. The van der Waals surface area contributed by atoms with Gasteiger partial charge in [0.1, 0.15) is 23.0 Å². The number of carbonyl (C=O) groups excluding carboxylic acids is 3. The largest absolute Gasteiger partial charge is 0.490 e. The molecule has 0 radical (unpaired) electrons. The number of carbonyl (C=O) groups is 3. The summed E-state index contributed by atoms with van der Waals surface area (Å²) in [4.78, 5) is 40.3. The quantitative estimate of drug-likeness (QED) is 0.448. The second kappa shape index (κ2) is 12.0. The van der Waals surface area contributed by atoms with Gasteiger partial charge in [0.15, 0.2) is 0 Å². The van der Waals surface area contributed by atoms with Crippen molar-refractivity contribution < 1.29 is 28.6 Å². The Labute approximate surface area is 227 Å². The number of hydrogen-bond acceptors (Lipinski definition) is 6. The van der Waals surface area contributed by atoms with Crippen molar-refractivity contribution in [3.63, 3.8) is 0 Å². The molecule has 1 aliphatic carbocycles. The fraction of sp³-hybridized carbons (Fsp3) is 0.700. The number of amides is 2. The third-order valence-corrected chi connectivity index (χ3v) is 6.96. The molecule has 1 unspecified atom stereocenters. The van der Waals surface area contributed by atoms with Crippen molar-refractivity contribution in [3.8, 4) is 5.75 Å². The van der Waals surface area contributed by atoms with Crippen LogP contribution in [-0.4, -0.2) is 47.9 Å². The van der Waals surface area contributed by atoms with E-state index in [1.54, 1.807) is 46.4 Å². The van der Waals surface area contributed by atoms with Gasteiger partial charge < -0.3 is 24.4 Å². The van der Waals surface area contributed by atoms with Gasteiger partial charge in [0, 0.05) is 12.2 Å². The highest BCUT2D eigenvalue weighted by Gasteiger charge is 2.35. The maximum absolute atomic E-state index is 13.6. The summed E-state index contributed by atoms with van der Waals surface area (Å²) >= 11 is 0. The lowest BCUT2D eigenvalue weighted by molar-refractivity contribution is -0.156. The number of anilines is 1. The summed E-state index contributed by atoms with van der Waals surface area (Å²) in [6.45, 7) is 15.5. The van der Waals surface area contributed by atoms with Gasteiger partial charge in [-0.2, -0.15) is 0 Å². The van der Waals surface area contributed by atoms with Gasteiger partial charge in [-0.1, -0.05) is 13.8 Å². The Bertz CT molecular complexity index is 969. The Hall–Kier alpha value is -2.77. The van der Waals surface area contributed by atoms with Gasteiger partial charge in [0.25, 0.3) is 0 Å². The van der Waals surface area contributed by atoms with Crippen LogP contribution < -0.4 is 15.0 Å². The van der Waals surface area contributed by atoms with Gasteiger partial charge in [-0.25, -0.2) is 4.79 Å². The normalized spacial score (nSPS) is 20.5. The third-order valence-electron chi connectivity index (χ3n) is 6.96. The number of fused-ring (bicyclic) bond motifs is 1. The van der Waals surface area contributed by atoms with Crippen LogP contribution in [0.4, 0.5) is 10.5 Å². The van der Waals surface area contributed by atoms with Crippen LogP contribution in [0, 0.1) is 11.8 Å². The Kier molecular flexibility index (Phi) is 9.37. The van der Waals surface area contributed by atoms with E-state index in [1.807, 2.05) is 18.2 Å². The lowest BCUT2D eigenvalue weighted by Crippen LogP contribution is -2.50. The predicted molar refractivity (Wildman–Crippen MR) is 147 cm³/mol. The standard InChI is InChI=1S/C30H46N2O6/c1-19(2)20-9-11-22(12-10-20)36-23-13-14-25-21(17-23)15-16-32(25)27(34)24(18-26(33)37-29(3,4)5)31-28(35)38-30(6,7)8/h13-14,17,19-20,22,24H,9-12,15-16,18H2,1-8H3,(H,31,35)/t20-,22-,24?. The molecule has 3 rings (SSSR count). The van der Waals surface area contributed by atoms with Crippen LogP contribution in [0.5, 0.6) is 5.75 Å². The van der Waals surface area contributed by atoms with E-state index in [-0.39, 0.29) is 18.4 Å². The second-order valence-electron chi connectivity index (χ2n) is 12.9. The topological polar surface area (TPSA) is 94.2 Å². The molecule has 2 aliphatic rings.